The Balaban J connectivity index is 1.69. The lowest BCUT2D eigenvalue weighted by atomic mass is 10.0. The minimum atomic E-state index is -0.303. The normalized spacial score (nSPS) is 11.8. The summed E-state index contributed by atoms with van der Waals surface area (Å²) in [5.74, 6) is -0.0272. The van der Waals surface area contributed by atoms with Gasteiger partial charge in [-0.3, -0.25) is 4.79 Å². The molecule has 4 heteroatoms. The second kappa shape index (κ2) is 8.13. The van der Waals surface area contributed by atoms with E-state index in [2.05, 4.69) is 15.6 Å². The molecule has 4 nitrogen and oxygen atoms in total. The Hall–Kier alpha value is -2.85. The Morgan fingerprint density at radius 1 is 0.917 bits per heavy atom. The van der Waals surface area contributed by atoms with Crippen LogP contribution in [0.15, 0.2) is 79.1 Å². The molecule has 0 aliphatic heterocycles. The average Bonchev–Trinajstić information content (AvgIpc) is 3.14. The molecule has 0 saturated carbocycles. The van der Waals surface area contributed by atoms with Gasteiger partial charge in [0.2, 0.25) is 5.91 Å². The van der Waals surface area contributed by atoms with Crippen LogP contribution >= 0.6 is 0 Å². The van der Waals surface area contributed by atoms with Crippen molar-refractivity contribution in [2.45, 2.75) is 19.0 Å². The minimum absolute atomic E-state index is 0.0272. The SMILES string of the molecule is O=C(Nc1ccccc1)[C@@H](Cc1ccccc1)NCc1cc[nH]c1. The van der Waals surface area contributed by atoms with Gasteiger partial charge in [-0.05, 0) is 35.7 Å². The van der Waals surface area contributed by atoms with Crippen molar-refractivity contribution >= 4 is 11.6 Å². The molecule has 0 aliphatic carbocycles. The Morgan fingerprint density at radius 3 is 2.29 bits per heavy atom. The van der Waals surface area contributed by atoms with Crippen LogP contribution in [-0.4, -0.2) is 16.9 Å². The van der Waals surface area contributed by atoms with Gasteiger partial charge in [0.15, 0.2) is 0 Å². The summed E-state index contributed by atoms with van der Waals surface area (Å²) in [5, 5.41) is 6.34. The van der Waals surface area contributed by atoms with Gasteiger partial charge in [-0.15, -0.1) is 0 Å². The van der Waals surface area contributed by atoms with Crippen molar-refractivity contribution in [3.8, 4) is 0 Å². The maximum atomic E-state index is 12.7. The molecule has 3 rings (SSSR count). The highest BCUT2D eigenvalue weighted by Gasteiger charge is 2.18. The summed E-state index contributed by atoms with van der Waals surface area (Å²) in [6, 6.07) is 21.3. The predicted molar refractivity (Wildman–Crippen MR) is 96.6 cm³/mol. The molecule has 3 N–H and O–H groups in total. The highest BCUT2D eigenvalue weighted by Crippen LogP contribution is 2.09. The van der Waals surface area contributed by atoms with Crippen LogP contribution < -0.4 is 10.6 Å². The zero-order valence-electron chi connectivity index (χ0n) is 13.4. The van der Waals surface area contributed by atoms with E-state index < -0.39 is 0 Å². The standard InChI is InChI=1S/C20H21N3O/c24-20(23-18-9-5-2-6-10-18)19(13-16-7-3-1-4-8-16)22-15-17-11-12-21-14-17/h1-12,14,19,21-22H,13,15H2,(H,23,24)/t19-/m1/s1. The number of hydrogen-bond acceptors (Lipinski definition) is 2. The van der Waals surface area contributed by atoms with Gasteiger partial charge in [-0.25, -0.2) is 0 Å². The first-order chi connectivity index (χ1) is 11.8. The third-order valence-electron chi connectivity index (χ3n) is 3.86. The van der Waals surface area contributed by atoms with Gasteiger partial charge < -0.3 is 15.6 Å². The third-order valence-corrected chi connectivity index (χ3v) is 3.86. The Labute approximate surface area is 141 Å². The summed E-state index contributed by atoms with van der Waals surface area (Å²) >= 11 is 0. The van der Waals surface area contributed by atoms with E-state index in [1.54, 1.807) is 0 Å². The van der Waals surface area contributed by atoms with Crippen LogP contribution in [0.2, 0.25) is 0 Å². The van der Waals surface area contributed by atoms with E-state index in [4.69, 9.17) is 0 Å². The van der Waals surface area contributed by atoms with Gasteiger partial charge in [0, 0.05) is 24.6 Å². The van der Waals surface area contributed by atoms with Gasteiger partial charge >= 0.3 is 0 Å². The summed E-state index contributed by atoms with van der Waals surface area (Å²) in [6.45, 7) is 0.642. The van der Waals surface area contributed by atoms with Crippen LogP contribution in [-0.2, 0) is 17.8 Å². The summed E-state index contributed by atoms with van der Waals surface area (Å²) < 4.78 is 0. The summed E-state index contributed by atoms with van der Waals surface area (Å²) in [5.41, 5.74) is 3.07. The van der Waals surface area contributed by atoms with E-state index in [9.17, 15) is 4.79 Å². The molecular weight excluding hydrogens is 298 g/mol. The maximum absolute atomic E-state index is 12.7. The lowest BCUT2D eigenvalue weighted by molar-refractivity contribution is -0.118. The van der Waals surface area contributed by atoms with Crippen LogP contribution in [0.1, 0.15) is 11.1 Å². The van der Waals surface area contributed by atoms with E-state index in [0.717, 1.165) is 16.8 Å². The smallest absolute Gasteiger partial charge is 0.241 e. The molecule has 0 fully saturated rings. The predicted octanol–water partition coefficient (Wildman–Crippen LogP) is 3.35. The molecule has 0 unspecified atom stereocenters. The van der Waals surface area contributed by atoms with Gasteiger partial charge in [-0.2, -0.15) is 0 Å². The van der Waals surface area contributed by atoms with Gasteiger partial charge in [0.25, 0.3) is 0 Å². The first-order valence-electron chi connectivity index (χ1n) is 8.06. The summed E-state index contributed by atoms with van der Waals surface area (Å²) in [4.78, 5) is 15.7. The maximum Gasteiger partial charge on any atom is 0.241 e. The van der Waals surface area contributed by atoms with E-state index >= 15 is 0 Å². The number of benzene rings is 2. The Kier molecular flexibility index (Phi) is 5.43. The number of amides is 1. The van der Waals surface area contributed by atoms with E-state index in [-0.39, 0.29) is 11.9 Å². The molecular formula is C20H21N3O. The molecule has 0 radical (unpaired) electrons. The molecule has 0 spiro atoms. The minimum Gasteiger partial charge on any atom is -0.367 e. The zero-order valence-corrected chi connectivity index (χ0v) is 13.4. The first-order valence-corrected chi connectivity index (χ1v) is 8.06. The number of nitrogens with one attached hydrogen (secondary N) is 3. The molecule has 2 aromatic carbocycles. The molecule has 3 aromatic rings. The van der Waals surface area contributed by atoms with Crippen molar-refractivity contribution in [1.29, 1.82) is 0 Å². The Bertz CT molecular complexity index is 739. The van der Waals surface area contributed by atoms with Crippen LogP contribution in [0, 0.1) is 0 Å². The third kappa shape index (κ3) is 4.57. The van der Waals surface area contributed by atoms with Crippen LogP contribution in [0.5, 0.6) is 0 Å². The van der Waals surface area contributed by atoms with Gasteiger partial charge in [0.1, 0.15) is 0 Å². The molecule has 1 amide bonds. The quantitative estimate of drug-likeness (QED) is 0.625. The van der Waals surface area contributed by atoms with Gasteiger partial charge in [-0.1, -0.05) is 48.5 Å². The lowest BCUT2D eigenvalue weighted by Crippen LogP contribution is -2.41. The second-order valence-corrected chi connectivity index (χ2v) is 5.70. The fourth-order valence-corrected chi connectivity index (χ4v) is 2.57. The number of aromatic amines is 1. The van der Waals surface area contributed by atoms with Crippen LogP contribution in [0.3, 0.4) is 0 Å². The monoisotopic (exact) mass is 319 g/mol. The summed E-state index contributed by atoms with van der Waals surface area (Å²) in [7, 11) is 0. The van der Waals surface area contributed by atoms with Crippen LogP contribution in [0.4, 0.5) is 5.69 Å². The molecule has 0 saturated heterocycles. The number of rotatable bonds is 7. The molecule has 1 atom stereocenters. The van der Waals surface area contributed by atoms with Crippen molar-refractivity contribution in [3.05, 3.63) is 90.3 Å². The van der Waals surface area contributed by atoms with Crippen molar-refractivity contribution in [3.63, 3.8) is 0 Å². The molecule has 0 aliphatic rings. The van der Waals surface area contributed by atoms with Crippen molar-refractivity contribution < 1.29 is 4.79 Å². The van der Waals surface area contributed by atoms with Crippen LogP contribution in [0.25, 0.3) is 0 Å². The molecule has 1 heterocycles. The fraction of sp³-hybridized carbons (Fsp3) is 0.150. The lowest BCUT2D eigenvalue weighted by Gasteiger charge is -2.18. The number of H-pyrrole nitrogens is 1. The fourth-order valence-electron chi connectivity index (χ4n) is 2.57. The number of carbonyl (C=O) groups excluding carboxylic acids is 1. The molecule has 1 aromatic heterocycles. The number of aromatic nitrogens is 1. The van der Waals surface area contributed by atoms with Crippen molar-refractivity contribution in [2.24, 2.45) is 0 Å². The average molecular weight is 319 g/mol. The molecule has 24 heavy (non-hydrogen) atoms. The number of anilines is 1. The van der Waals surface area contributed by atoms with E-state index in [1.165, 1.54) is 0 Å². The molecule has 122 valence electrons. The first kappa shape index (κ1) is 16.0. The number of para-hydroxylation sites is 1. The number of hydrogen-bond donors (Lipinski definition) is 3. The molecule has 0 bridgehead atoms. The van der Waals surface area contributed by atoms with E-state index in [0.29, 0.717) is 13.0 Å². The van der Waals surface area contributed by atoms with Gasteiger partial charge in [0.05, 0.1) is 6.04 Å². The van der Waals surface area contributed by atoms with Crippen molar-refractivity contribution in [1.82, 2.24) is 10.3 Å². The zero-order chi connectivity index (χ0) is 16.6. The number of carbonyl (C=O) groups is 1. The second-order valence-electron chi connectivity index (χ2n) is 5.70. The highest BCUT2D eigenvalue weighted by molar-refractivity contribution is 5.95. The Morgan fingerprint density at radius 2 is 1.62 bits per heavy atom. The summed E-state index contributed by atoms with van der Waals surface area (Å²) in [6.07, 6.45) is 4.46. The topological polar surface area (TPSA) is 56.9 Å². The van der Waals surface area contributed by atoms with Crippen molar-refractivity contribution in [2.75, 3.05) is 5.32 Å². The largest absolute Gasteiger partial charge is 0.367 e. The highest BCUT2D eigenvalue weighted by atomic mass is 16.2. The van der Waals surface area contributed by atoms with E-state index in [1.807, 2.05) is 79.1 Å².